The Labute approximate surface area is 143 Å². The number of hydrogen-bond acceptors (Lipinski definition) is 6. The predicted octanol–water partition coefficient (Wildman–Crippen LogP) is 1.98. The molecule has 8 nitrogen and oxygen atoms in total. The molecule has 2 fully saturated rings. The summed E-state index contributed by atoms with van der Waals surface area (Å²) < 4.78 is 10.3. The maximum atomic E-state index is 12.5. The van der Waals surface area contributed by atoms with Gasteiger partial charge >= 0.3 is 5.97 Å². The summed E-state index contributed by atoms with van der Waals surface area (Å²) in [6.07, 6.45) is 4.54. The van der Waals surface area contributed by atoms with Gasteiger partial charge in [-0.05, 0) is 30.9 Å². The standard InChI is InChI=1S/C17H19N3O5/c21-14(20-9-11-3-1-7-17(11,10-20)16(22)23)6-5-13-18-15(19-25-13)12-4-2-8-24-12/h2,4,8,11H,1,3,5-7,9-10H2,(H,22,23)/t11-,17+/m0/s1. The van der Waals surface area contributed by atoms with Crippen LogP contribution in [0.1, 0.15) is 31.6 Å². The SMILES string of the molecule is O=C(CCc1nc(-c2ccco2)no1)N1C[C@@H]2CCC[C@@]2(C(=O)O)C1. The first-order valence-electron chi connectivity index (χ1n) is 8.46. The minimum absolute atomic E-state index is 0.0622. The zero-order valence-electron chi connectivity index (χ0n) is 13.7. The number of carbonyl (C=O) groups is 2. The number of aryl methyl sites for hydroxylation is 1. The molecule has 1 amide bonds. The Kier molecular flexibility index (Phi) is 3.82. The number of hydrogen-bond donors (Lipinski definition) is 1. The number of carboxylic acid groups (broad SMARTS) is 1. The third kappa shape index (κ3) is 2.71. The highest BCUT2D eigenvalue weighted by atomic mass is 16.5. The van der Waals surface area contributed by atoms with E-state index >= 15 is 0 Å². The van der Waals surface area contributed by atoms with Gasteiger partial charge in [0, 0.05) is 25.9 Å². The summed E-state index contributed by atoms with van der Waals surface area (Å²) >= 11 is 0. The van der Waals surface area contributed by atoms with Gasteiger partial charge in [-0.3, -0.25) is 9.59 Å². The smallest absolute Gasteiger partial charge is 0.311 e. The lowest BCUT2D eigenvalue weighted by molar-refractivity contribution is -0.149. The predicted molar refractivity (Wildman–Crippen MR) is 84.3 cm³/mol. The fourth-order valence-corrected chi connectivity index (χ4v) is 4.06. The van der Waals surface area contributed by atoms with E-state index in [-0.39, 0.29) is 18.2 Å². The average Bonchev–Trinajstić information content (AvgIpc) is 3.34. The molecule has 0 unspecified atom stereocenters. The van der Waals surface area contributed by atoms with Crippen molar-refractivity contribution in [2.24, 2.45) is 11.3 Å². The van der Waals surface area contributed by atoms with Crippen molar-refractivity contribution in [2.45, 2.75) is 32.1 Å². The maximum Gasteiger partial charge on any atom is 0.311 e. The minimum atomic E-state index is -0.773. The Morgan fingerprint density at radius 3 is 3.04 bits per heavy atom. The number of fused-ring (bicyclic) bond motifs is 1. The van der Waals surface area contributed by atoms with Gasteiger partial charge in [0.25, 0.3) is 0 Å². The topological polar surface area (TPSA) is 110 Å². The highest BCUT2D eigenvalue weighted by molar-refractivity contribution is 5.81. The van der Waals surface area contributed by atoms with Crippen molar-refractivity contribution in [2.75, 3.05) is 13.1 Å². The van der Waals surface area contributed by atoms with Crippen molar-refractivity contribution in [1.82, 2.24) is 15.0 Å². The van der Waals surface area contributed by atoms with Gasteiger partial charge < -0.3 is 18.9 Å². The van der Waals surface area contributed by atoms with Gasteiger partial charge in [0.2, 0.25) is 17.6 Å². The van der Waals surface area contributed by atoms with Crippen LogP contribution in [0.25, 0.3) is 11.6 Å². The van der Waals surface area contributed by atoms with Crippen molar-refractivity contribution in [1.29, 1.82) is 0 Å². The molecule has 4 rings (SSSR count). The number of nitrogens with zero attached hydrogens (tertiary/aromatic N) is 3. The lowest BCUT2D eigenvalue weighted by Gasteiger charge is -2.23. The summed E-state index contributed by atoms with van der Waals surface area (Å²) in [5.74, 6) is 0.471. The quantitative estimate of drug-likeness (QED) is 0.882. The number of amides is 1. The number of aliphatic carboxylic acids is 1. The molecule has 2 atom stereocenters. The van der Waals surface area contributed by atoms with Gasteiger partial charge in [0.15, 0.2) is 5.76 Å². The van der Waals surface area contributed by atoms with E-state index in [0.29, 0.717) is 43.4 Å². The average molecular weight is 345 g/mol. The van der Waals surface area contributed by atoms with E-state index in [0.717, 1.165) is 12.8 Å². The summed E-state index contributed by atoms with van der Waals surface area (Å²) in [6, 6.07) is 3.46. The van der Waals surface area contributed by atoms with Gasteiger partial charge in [-0.1, -0.05) is 11.6 Å². The van der Waals surface area contributed by atoms with Crippen molar-refractivity contribution in [3.8, 4) is 11.6 Å². The van der Waals surface area contributed by atoms with Gasteiger partial charge in [0.05, 0.1) is 11.7 Å². The molecule has 2 aromatic heterocycles. The lowest BCUT2D eigenvalue weighted by atomic mass is 9.81. The van der Waals surface area contributed by atoms with Crippen LogP contribution in [0.3, 0.4) is 0 Å². The highest BCUT2D eigenvalue weighted by Gasteiger charge is 2.55. The van der Waals surface area contributed by atoms with Crippen LogP contribution in [0, 0.1) is 11.3 Å². The van der Waals surface area contributed by atoms with Crippen molar-refractivity contribution >= 4 is 11.9 Å². The van der Waals surface area contributed by atoms with Crippen LogP contribution < -0.4 is 0 Å². The zero-order valence-corrected chi connectivity index (χ0v) is 13.7. The van der Waals surface area contributed by atoms with E-state index in [9.17, 15) is 14.7 Å². The van der Waals surface area contributed by atoms with Crippen LogP contribution in [0.15, 0.2) is 27.3 Å². The second-order valence-electron chi connectivity index (χ2n) is 6.81. The number of rotatable bonds is 5. The Morgan fingerprint density at radius 1 is 1.44 bits per heavy atom. The van der Waals surface area contributed by atoms with Gasteiger partial charge in [-0.25, -0.2) is 0 Å². The summed E-state index contributed by atoms with van der Waals surface area (Å²) in [6.45, 7) is 0.847. The summed E-state index contributed by atoms with van der Waals surface area (Å²) in [5.41, 5.74) is -0.743. The van der Waals surface area contributed by atoms with E-state index in [2.05, 4.69) is 10.1 Å². The Hall–Kier alpha value is -2.64. The molecule has 25 heavy (non-hydrogen) atoms. The van der Waals surface area contributed by atoms with Gasteiger partial charge in [0.1, 0.15) is 0 Å². The molecule has 8 heteroatoms. The molecule has 1 saturated heterocycles. The molecule has 0 bridgehead atoms. The molecule has 0 spiro atoms. The number of aromatic nitrogens is 2. The monoisotopic (exact) mass is 345 g/mol. The van der Waals surface area contributed by atoms with E-state index in [4.69, 9.17) is 8.94 Å². The first-order chi connectivity index (χ1) is 12.1. The van der Waals surface area contributed by atoms with Crippen LogP contribution in [0.2, 0.25) is 0 Å². The normalized spacial score (nSPS) is 25.3. The van der Waals surface area contributed by atoms with Crippen LogP contribution >= 0.6 is 0 Å². The maximum absolute atomic E-state index is 12.5. The molecular formula is C17H19N3O5. The molecule has 2 aliphatic rings. The molecular weight excluding hydrogens is 326 g/mol. The second-order valence-corrected chi connectivity index (χ2v) is 6.81. The van der Waals surface area contributed by atoms with Crippen LogP contribution in [-0.2, 0) is 16.0 Å². The fourth-order valence-electron chi connectivity index (χ4n) is 4.06. The van der Waals surface area contributed by atoms with E-state index < -0.39 is 11.4 Å². The van der Waals surface area contributed by atoms with E-state index in [1.54, 1.807) is 17.0 Å². The zero-order chi connectivity index (χ0) is 17.4. The largest absolute Gasteiger partial charge is 0.481 e. The summed E-state index contributed by atoms with van der Waals surface area (Å²) in [5, 5.41) is 13.4. The lowest BCUT2D eigenvalue weighted by Crippen LogP contribution is -2.37. The Bertz CT molecular complexity index is 784. The molecule has 0 radical (unpaired) electrons. The van der Waals surface area contributed by atoms with E-state index in [1.165, 1.54) is 6.26 Å². The first kappa shape index (κ1) is 15.9. The second kappa shape index (κ2) is 6.02. The molecule has 132 valence electrons. The molecule has 3 heterocycles. The highest BCUT2D eigenvalue weighted by Crippen LogP contribution is 2.48. The number of carbonyl (C=O) groups excluding carboxylic acids is 1. The molecule has 1 aliphatic heterocycles. The third-order valence-corrected chi connectivity index (χ3v) is 5.41. The first-order valence-corrected chi connectivity index (χ1v) is 8.46. The summed E-state index contributed by atoms with van der Waals surface area (Å²) in [4.78, 5) is 30.1. The van der Waals surface area contributed by atoms with Gasteiger partial charge in [-0.15, -0.1) is 0 Å². The van der Waals surface area contributed by atoms with Crippen molar-refractivity contribution < 1.29 is 23.6 Å². The molecule has 1 N–H and O–H groups in total. The van der Waals surface area contributed by atoms with E-state index in [1.807, 2.05) is 0 Å². The number of carboxylic acids is 1. The molecule has 0 aromatic carbocycles. The molecule has 1 saturated carbocycles. The van der Waals surface area contributed by atoms with Crippen LogP contribution in [-0.4, -0.2) is 45.1 Å². The molecule has 1 aliphatic carbocycles. The van der Waals surface area contributed by atoms with Crippen LogP contribution in [0.4, 0.5) is 0 Å². The number of furan rings is 1. The Morgan fingerprint density at radius 2 is 2.32 bits per heavy atom. The third-order valence-electron chi connectivity index (χ3n) is 5.41. The number of likely N-dealkylation sites (tertiary alicyclic amines) is 1. The minimum Gasteiger partial charge on any atom is -0.481 e. The van der Waals surface area contributed by atoms with Crippen LogP contribution in [0.5, 0.6) is 0 Å². The van der Waals surface area contributed by atoms with Crippen molar-refractivity contribution in [3.05, 3.63) is 24.3 Å². The van der Waals surface area contributed by atoms with Crippen molar-refractivity contribution in [3.63, 3.8) is 0 Å². The molecule has 2 aromatic rings. The fraction of sp³-hybridized carbons (Fsp3) is 0.529. The Balaban J connectivity index is 1.36. The summed E-state index contributed by atoms with van der Waals surface area (Å²) in [7, 11) is 0. The van der Waals surface area contributed by atoms with Gasteiger partial charge in [-0.2, -0.15) is 4.98 Å².